The molecule has 1 aliphatic carbocycles. The molecule has 0 saturated carbocycles. The Labute approximate surface area is 191 Å². The van der Waals surface area contributed by atoms with E-state index in [9.17, 15) is 4.79 Å². The van der Waals surface area contributed by atoms with Crippen molar-refractivity contribution >= 4 is 33.0 Å². The van der Waals surface area contributed by atoms with Crippen LogP contribution in [0.15, 0.2) is 71.5 Å². The van der Waals surface area contributed by atoms with Crippen molar-refractivity contribution in [1.29, 1.82) is 0 Å². The molecule has 0 amide bonds. The number of esters is 1. The summed E-state index contributed by atoms with van der Waals surface area (Å²) in [5.41, 5.74) is 6.11. The molecule has 4 rings (SSSR count). The number of carbonyl (C=O) groups is 1. The highest BCUT2D eigenvalue weighted by Gasteiger charge is 2.22. The Hall–Kier alpha value is -2.92. The fourth-order valence-corrected chi connectivity index (χ4v) is 4.25. The third-order valence-electron chi connectivity index (χ3n) is 5.32. The standard InChI is InChI=1S/C26H24BrNO3/c1-2-30-26(29)20-13-19(15-28-16-20)22-9-6-10-23(22)24-14-21(27)11-12-25(24)31-17-18-7-4-3-5-8-18/h3-5,7-8,11-16H,2,6,9-10,17H2,1H3. The Morgan fingerprint density at radius 3 is 2.65 bits per heavy atom. The fraction of sp³-hybridized carbons (Fsp3) is 0.231. The van der Waals surface area contributed by atoms with Gasteiger partial charge in [0, 0.05) is 22.4 Å². The number of halogens is 1. The van der Waals surface area contributed by atoms with Crippen molar-refractivity contribution in [3.05, 3.63) is 93.7 Å². The van der Waals surface area contributed by atoms with Crippen molar-refractivity contribution in [2.75, 3.05) is 6.61 Å². The molecule has 0 radical (unpaired) electrons. The van der Waals surface area contributed by atoms with Crippen LogP contribution in [-0.4, -0.2) is 17.6 Å². The Morgan fingerprint density at radius 1 is 1.03 bits per heavy atom. The lowest BCUT2D eigenvalue weighted by Crippen LogP contribution is -2.05. The summed E-state index contributed by atoms with van der Waals surface area (Å²) in [7, 11) is 0. The Balaban J connectivity index is 1.69. The molecule has 1 heterocycles. The number of hydrogen-bond donors (Lipinski definition) is 0. The van der Waals surface area contributed by atoms with Gasteiger partial charge in [0.25, 0.3) is 0 Å². The predicted octanol–water partition coefficient (Wildman–Crippen LogP) is 6.69. The molecular weight excluding hydrogens is 454 g/mol. The van der Waals surface area contributed by atoms with Gasteiger partial charge in [-0.25, -0.2) is 4.79 Å². The molecule has 0 bridgehead atoms. The first-order chi connectivity index (χ1) is 15.2. The second kappa shape index (κ2) is 9.92. The van der Waals surface area contributed by atoms with E-state index < -0.39 is 0 Å². The average Bonchev–Trinajstić information content (AvgIpc) is 3.29. The number of allylic oxidation sites excluding steroid dienone is 2. The Bertz CT molecular complexity index is 1110. The Morgan fingerprint density at radius 2 is 1.84 bits per heavy atom. The SMILES string of the molecule is CCOC(=O)c1cncc(C2=C(c3cc(Br)ccc3OCc3ccccc3)CCC2)c1. The maximum atomic E-state index is 12.2. The van der Waals surface area contributed by atoms with Crippen LogP contribution in [0.3, 0.4) is 0 Å². The van der Waals surface area contributed by atoms with E-state index >= 15 is 0 Å². The molecule has 4 nitrogen and oxygen atoms in total. The summed E-state index contributed by atoms with van der Waals surface area (Å²) in [6, 6.07) is 18.2. The van der Waals surface area contributed by atoms with E-state index in [4.69, 9.17) is 9.47 Å². The monoisotopic (exact) mass is 477 g/mol. The second-order valence-electron chi connectivity index (χ2n) is 7.41. The zero-order valence-electron chi connectivity index (χ0n) is 17.4. The van der Waals surface area contributed by atoms with Crippen LogP contribution < -0.4 is 4.74 Å². The lowest BCUT2D eigenvalue weighted by molar-refractivity contribution is 0.0526. The molecule has 1 aliphatic rings. The summed E-state index contributed by atoms with van der Waals surface area (Å²) in [6.45, 7) is 2.66. The number of rotatable bonds is 7. The van der Waals surface area contributed by atoms with Gasteiger partial charge in [0.15, 0.2) is 0 Å². The maximum absolute atomic E-state index is 12.2. The van der Waals surface area contributed by atoms with Gasteiger partial charge < -0.3 is 9.47 Å². The van der Waals surface area contributed by atoms with Crippen molar-refractivity contribution in [3.63, 3.8) is 0 Å². The summed E-state index contributed by atoms with van der Waals surface area (Å²) in [5, 5.41) is 0. The number of hydrogen-bond acceptors (Lipinski definition) is 4. The molecule has 31 heavy (non-hydrogen) atoms. The van der Waals surface area contributed by atoms with E-state index in [1.54, 1.807) is 13.1 Å². The van der Waals surface area contributed by atoms with Crippen molar-refractivity contribution in [2.24, 2.45) is 0 Å². The largest absolute Gasteiger partial charge is 0.488 e. The minimum absolute atomic E-state index is 0.341. The summed E-state index contributed by atoms with van der Waals surface area (Å²) in [5.74, 6) is 0.516. The molecule has 1 aromatic heterocycles. The van der Waals surface area contributed by atoms with Crippen molar-refractivity contribution in [3.8, 4) is 5.75 Å². The first kappa shape index (κ1) is 21.3. The number of nitrogens with zero attached hydrogens (tertiary/aromatic N) is 1. The predicted molar refractivity (Wildman–Crippen MR) is 126 cm³/mol. The van der Waals surface area contributed by atoms with E-state index in [0.717, 1.165) is 46.2 Å². The molecule has 3 aromatic rings. The van der Waals surface area contributed by atoms with E-state index in [1.165, 1.54) is 11.1 Å². The second-order valence-corrected chi connectivity index (χ2v) is 8.32. The number of benzene rings is 2. The van der Waals surface area contributed by atoms with Crippen LogP contribution in [0, 0.1) is 0 Å². The Kier molecular flexibility index (Phi) is 6.82. The van der Waals surface area contributed by atoms with Crippen molar-refractivity contribution in [2.45, 2.75) is 32.8 Å². The molecule has 2 aromatic carbocycles. The minimum atomic E-state index is -0.341. The van der Waals surface area contributed by atoms with Crippen LogP contribution in [-0.2, 0) is 11.3 Å². The van der Waals surface area contributed by atoms with Crippen LogP contribution >= 0.6 is 15.9 Å². The van der Waals surface area contributed by atoms with Gasteiger partial charge in [-0.3, -0.25) is 4.98 Å². The van der Waals surface area contributed by atoms with Crippen LogP contribution in [0.1, 0.15) is 53.2 Å². The number of pyridine rings is 1. The van der Waals surface area contributed by atoms with Crippen molar-refractivity contribution in [1.82, 2.24) is 4.98 Å². The molecule has 0 unspecified atom stereocenters. The van der Waals surface area contributed by atoms with Gasteiger partial charge in [0.2, 0.25) is 0 Å². The lowest BCUT2D eigenvalue weighted by Gasteiger charge is -2.15. The summed E-state index contributed by atoms with van der Waals surface area (Å²) in [4.78, 5) is 16.5. The third kappa shape index (κ3) is 5.05. The summed E-state index contributed by atoms with van der Waals surface area (Å²) >= 11 is 3.61. The molecule has 5 heteroatoms. The highest BCUT2D eigenvalue weighted by Crippen LogP contribution is 2.43. The highest BCUT2D eigenvalue weighted by atomic mass is 79.9. The van der Waals surface area contributed by atoms with Gasteiger partial charge in [0.05, 0.1) is 12.2 Å². The van der Waals surface area contributed by atoms with Gasteiger partial charge in [-0.1, -0.05) is 46.3 Å². The molecule has 158 valence electrons. The van der Waals surface area contributed by atoms with Crippen molar-refractivity contribution < 1.29 is 14.3 Å². The maximum Gasteiger partial charge on any atom is 0.339 e. The molecule has 0 aliphatic heterocycles. The zero-order chi connectivity index (χ0) is 21.6. The first-order valence-electron chi connectivity index (χ1n) is 10.5. The van der Waals surface area contributed by atoms with E-state index in [2.05, 4.69) is 39.1 Å². The minimum Gasteiger partial charge on any atom is -0.488 e. The molecule has 0 N–H and O–H groups in total. The van der Waals surface area contributed by atoms with Crippen LogP contribution in [0.2, 0.25) is 0 Å². The number of carbonyl (C=O) groups excluding carboxylic acids is 1. The lowest BCUT2D eigenvalue weighted by atomic mass is 9.96. The molecule has 0 spiro atoms. The van der Waals surface area contributed by atoms with Crippen LogP contribution in [0.5, 0.6) is 5.75 Å². The van der Waals surface area contributed by atoms with Crippen LogP contribution in [0.4, 0.5) is 0 Å². The van der Waals surface area contributed by atoms with Gasteiger partial charge in [-0.2, -0.15) is 0 Å². The third-order valence-corrected chi connectivity index (χ3v) is 5.81. The van der Waals surface area contributed by atoms with Gasteiger partial charge in [0.1, 0.15) is 12.4 Å². The van der Waals surface area contributed by atoms with Gasteiger partial charge in [-0.05, 0) is 72.7 Å². The summed E-state index contributed by atoms with van der Waals surface area (Å²) < 4.78 is 12.4. The fourth-order valence-electron chi connectivity index (χ4n) is 3.89. The average molecular weight is 478 g/mol. The zero-order valence-corrected chi connectivity index (χ0v) is 19.0. The molecular formula is C26H24BrNO3. The molecule has 0 atom stereocenters. The number of aromatic nitrogens is 1. The first-order valence-corrected chi connectivity index (χ1v) is 11.3. The normalized spacial score (nSPS) is 13.4. The molecule has 0 saturated heterocycles. The van der Waals surface area contributed by atoms with Gasteiger partial charge >= 0.3 is 5.97 Å². The van der Waals surface area contributed by atoms with E-state index in [1.807, 2.05) is 42.6 Å². The quantitative estimate of drug-likeness (QED) is 0.355. The van der Waals surface area contributed by atoms with E-state index in [0.29, 0.717) is 18.8 Å². The highest BCUT2D eigenvalue weighted by molar-refractivity contribution is 9.10. The van der Waals surface area contributed by atoms with Gasteiger partial charge in [-0.15, -0.1) is 0 Å². The topological polar surface area (TPSA) is 48.4 Å². The van der Waals surface area contributed by atoms with E-state index in [-0.39, 0.29) is 5.97 Å². The molecule has 0 fully saturated rings. The van der Waals surface area contributed by atoms with Crippen LogP contribution in [0.25, 0.3) is 11.1 Å². The smallest absolute Gasteiger partial charge is 0.339 e. The summed E-state index contributed by atoms with van der Waals surface area (Å²) in [6.07, 6.45) is 6.33. The number of ether oxygens (including phenoxy) is 2.